The Morgan fingerprint density at radius 1 is 1.36 bits per heavy atom. The summed E-state index contributed by atoms with van der Waals surface area (Å²) in [4.78, 5) is 0. The molecule has 14 heavy (non-hydrogen) atoms. The second-order valence-corrected chi connectivity index (χ2v) is 2.93. The summed E-state index contributed by atoms with van der Waals surface area (Å²) in [5, 5.41) is 3.05. The molecule has 2 nitrogen and oxygen atoms in total. The summed E-state index contributed by atoms with van der Waals surface area (Å²) in [5.74, 6) is 3.47. The predicted octanol–water partition coefficient (Wildman–Crippen LogP) is 2.52. The highest BCUT2D eigenvalue weighted by Crippen LogP contribution is 2.15. The fourth-order valence-electron chi connectivity index (χ4n) is 1.08. The molecule has 0 amide bonds. The first-order valence-corrected chi connectivity index (χ1v) is 4.71. The lowest BCUT2D eigenvalue weighted by Crippen LogP contribution is -1.96. The fraction of sp³-hybridized carbons (Fsp3) is 0.333. The van der Waals surface area contributed by atoms with E-state index in [9.17, 15) is 0 Å². The molecule has 1 aromatic carbocycles. The predicted molar refractivity (Wildman–Crippen MR) is 59.6 cm³/mol. The molecule has 0 spiro atoms. The molecule has 1 N–H and O–H groups in total. The van der Waals surface area contributed by atoms with Gasteiger partial charge in [0.25, 0.3) is 0 Å². The second kappa shape index (κ2) is 5.93. The summed E-state index contributed by atoms with van der Waals surface area (Å²) < 4.78 is 5.48. The van der Waals surface area contributed by atoms with Crippen LogP contribution in [0.5, 0.6) is 5.75 Å². The van der Waals surface area contributed by atoms with Crippen molar-refractivity contribution in [3.63, 3.8) is 0 Å². The molecular formula is C12H15NO. The highest BCUT2D eigenvalue weighted by Gasteiger charge is 1.93. The van der Waals surface area contributed by atoms with E-state index in [2.05, 4.69) is 11.2 Å². The number of unbranched alkanes of at least 4 members (excludes halogenated alkanes) is 1. The van der Waals surface area contributed by atoms with E-state index < -0.39 is 0 Å². The van der Waals surface area contributed by atoms with E-state index >= 15 is 0 Å². The van der Waals surface area contributed by atoms with Gasteiger partial charge in [-0.1, -0.05) is 0 Å². The van der Waals surface area contributed by atoms with Crippen molar-refractivity contribution in [1.29, 1.82) is 0 Å². The van der Waals surface area contributed by atoms with Crippen molar-refractivity contribution in [3.05, 3.63) is 24.3 Å². The Morgan fingerprint density at radius 3 is 2.64 bits per heavy atom. The zero-order chi connectivity index (χ0) is 10.2. The maximum Gasteiger partial charge on any atom is 0.119 e. The largest absolute Gasteiger partial charge is 0.494 e. The molecule has 0 fully saturated rings. The molecule has 1 aromatic rings. The van der Waals surface area contributed by atoms with Crippen molar-refractivity contribution in [2.75, 3.05) is 19.0 Å². The van der Waals surface area contributed by atoms with E-state index in [-0.39, 0.29) is 0 Å². The van der Waals surface area contributed by atoms with Crippen LogP contribution in [0, 0.1) is 12.3 Å². The first-order valence-electron chi connectivity index (χ1n) is 4.71. The van der Waals surface area contributed by atoms with Crippen LogP contribution in [0.15, 0.2) is 24.3 Å². The van der Waals surface area contributed by atoms with E-state index in [1.165, 1.54) is 0 Å². The third-order valence-corrected chi connectivity index (χ3v) is 1.88. The molecule has 1 rings (SSSR count). The lowest BCUT2D eigenvalue weighted by Gasteiger charge is -2.05. The topological polar surface area (TPSA) is 21.3 Å². The van der Waals surface area contributed by atoms with Gasteiger partial charge in [-0.3, -0.25) is 0 Å². The van der Waals surface area contributed by atoms with E-state index in [1.807, 2.05) is 31.3 Å². The molecule has 0 atom stereocenters. The van der Waals surface area contributed by atoms with Crippen LogP contribution in [0.2, 0.25) is 0 Å². The maximum absolute atomic E-state index is 5.48. The van der Waals surface area contributed by atoms with Crippen LogP contribution < -0.4 is 10.1 Å². The SMILES string of the molecule is C#CCCCOc1ccc(NC)cc1. The number of ether oxygens (including phenoxy) is 1. The Bertz CT molecular complexity index is 297. The van der Waals surface area contributed by atoms with Crippen molar-refractivity contribution in [1.82, 2.24) is 0 Å². The lowest BCUT2D eigenvalue weighted by atomic mass is 10.3. The van der Waals surface area contributed by atoms with Gasteiger partial charge in [0, 0.05) is 19.2 Å². The Morgan fingerprint density at radius 2 is 2.07 bits per heavy atom. The van der Waals surface area contributed by atoms with Gasteiger partial charge in [-0.15, -0.1) is 12.3 Å². The number of anilines is 1. The van der Waals surface area contributed by atoms with Crippen molar-refractivity contribution >= 4 is 5.69 Å². The van der Waals surface area contributed by atoms with Crippen LogP contribution >= 0.6 is 0 Å². The van der Waals surface area contributed by atoms with Gasteiger partial charge in [0.1, 0.15) is 5.75 Å². The Balaban J connectivity index is 2.33. The highest BCUT2D eigenvalue weighted by molar-refractivity contribution is 5.45. The van der Waals surface area contributed by atoms with Crippen LogP contribution in [0.3, 0.4) is 0 Å². The molecule has 0 radical (unpaired) electrons. The van der Waals surface area contributed by atoms with Crippen LogP contribution in [0.25, 0.3) is 0 Å². The number of rotatable bonds is 5. The first kappa shape index (κ1) is 10.5. The number of benzene rings is 1. The number of terminal acetylenes is 1. The van der Waals surface area contributed by atoms with Crippen molar-refractivity contribution < 1.29 is 4.74 Å². The molecule has 0 aliphatic rings. The van der Waals surface area contributed by atoms with E-state index in [0.717, 1.165) is 24.3 Å². The molecule has 74 valence electrons. The highest BCUT2D eigenvalue weighted by atomic mass is 16.5. The minimum atomic E-state index is 0.684. The molecule has 0 heterocycles. The minimum absolute atomic E-state index is 0.684. The van der Waals surface area contributed by atoms with Crippen LogP contribution in [0.4, 0.5) is 5.69 Å². The van der Waals surface area contributed by atoms with Gasteiger partial charge in [-0.25, -0.2) is 0 Å². The van der Waals surface area contributed by atoms with E-state index in [4.69, 9.17) is 11.2 Å². The van der Waals surface area contributed by atoms with E-state index in [0.29, 0.717) is 6.61 Å². The summed E-state index contributed by atoms with van der Waals surface area (Å²) in [6.45, 7) is 0.684. The summed E-state index contributed by atoms with van der Waals surface area (Å²) in [6, 6.07) is 7.86. The molecule has 0 saturated heterocycles. The van der Waals surface area contributed by atoms with Gasteiger partial charge < -0.3 is 10.1 Å². The van der Waals surface area contributed by atoms with E-state index in [1.54, 1.807) is 0 Å². The Labute approximate surface area is 85.3 Å². The first-order chi connectivity index (χ1) is 6.86. The third-order valence-electron chi connectivity index (χ3n) is 1.88. The zero-order valence-corrected chi connectivity index (χ0v) is 8.42. The summed E-state index contributed by atoms with van der Waals surface area (Å²) in [6.07, 6.45) is 6.81. The quantitative estimate of drug-likeness (QED) is 0.567. The molecule has 0 unspecified atom stereocenters. The number of hydrogen-bond acceptors (Lipinski definition) is 2. The average Bonchev–Trinajstić information content (AvgIpc) is 2.25. The monoisotopic (exact) mass is 189 g/mol. The molecule has 0 aliphatic heterocycles. The summed E-state index contributed by atoms with van der Waals surface area (Å²) >= 11 is 0. The molecule has 0 aliphatic carbocycles. The van der Waals surface area contributed by atoms with Crippen LogP contribution in [-0.4, -0.2) is 13.7 Å². The standard InChI is InChI=1S/C12H15NO/c1-3-4-5-10-14-12-8-6-11(13-2)7-9-12/h1,6-9,13H,4-5,10H2,2H3. The van der Waals surface area contributed by atoms with Crippen LogP contribution in [-0.2, 0) is 0 Å². The molecule has 0 bridgehead atoms. The normalized spacial score (nSPS) is 9.14. The van der Waals surface area contributed by atoms with Crippen molar-refractivity contribution in [3.8, 4) is 18.1 Å². The van der Waals surface area contributed by atoms with Gasteiger partial charge in [0.2, 0.25) is 0 Å². The van der Waals surface area contributed by atoms with Gasteiger partial charge in [0.15, 0.2) is 0 Å². The Kier molecular flexibility index (Phi) is 4.43. The smallest absolute Gasteiger partial charge is 0.119 e. The van der Waals surface area contributed by atoms with Gasteiger partial charge in [0.05, 0.1) is 6.61 Å². The number of nitrogens with one attached hydrogen (secondary N) is 1. The number of hydrogen-bond donors (Lipinski definition) is 1. The van der Waals surface area contributed by atoms with Crippen molar-refractivity contribution in [2.24, 2.45) is 0 Å². The zero-order valence-electron chi connectivity index (χ0n) is 8.42. The average molecular weight is 189 g/mol. The summed E-state index contributed by atoms with van der Waals surface area (Å²) in [7, 11) is 1.89. The van der Waals surface area contributed by atoms with Gasteiger partial charge in [-0.05, 0) is 30.7 Å². The fourth-order valence-corrected chi connectivity index (χ4v) is 1.08. The second-order valence-electron chi connectivity index (χ2n) is 2.93. The van der Waals surface area contributed by atoms with Gasteiger partial charge in [-0.2, -0.15) is 0 Å². The molecule has 0 aromatic heterocycles. The summed E-state index contributed by atoms with van der Waals surface area (Å²) in [5.41, 5.74) is 1.08. The third kappa shape index (κ3) is 3.40. The molecule has 0 saturated carbocycles. The minimum Gasteiger partial charge on any atom is -0.494 e. The van der Waals surface area contributed by atoms with Crippen LogP contribution in [0.1, 0.15) is 12.8 Å². The maximum atomic E-state index is 5.48. The molecular weight excluding hydrogens is 174 g/mol. The lowest BCUT2D eigenvalue weighted by molar-refractivity contribution is 0.313. The Hall–Kier alpha value is -1.62. The van der Waals surface area contributed by atoms with Crippen molar-refractivity contribution in [2.45, 2.75) is 12.8 Å². The van der Waals surface area contributed by atoms with Gasteiger partial charge >= 0.3 is 0 Å². The molecule has 2 heteroatoms.